The Hall–Kier alpha value is -3.12. The summed E-state index contributed by atoms with van der Waals surface area (Å²) >= 11 is 0. The topological polar surface area (TPSA) is 63.4 Å². The van der Waals surface area contributed by atoms with Crippen LogP contribution in [-0.4, -0.2) is 36.3 Å². The maximum absolute atomic E-state index is 5.97. The normalized spacial score (nSPS) is 14.8. The van der Waals surface area contributed by atoms with Crippen molar-refractivity contribution in [1.82, 2.24) is 9.97 Å². The number of rotatable bonds is 3. The minimum Gasteiger partial charge on any atom is -0.450 e. The fourth-order valence-corrected chi connectivity index (χ4v) is 3.33. The third-order valence-corrected chi connectivity index (χ3v) is 4.66. The van der Waals surface area contributed by atoms with Gasteiger partial charge in [-0.2, -0.15) is 0 Å². The van der Waals surface area contributed by atoms with Gasteiger partial charge in [-0.1, -0.05) is 12.1 Å². The van der Waals surface area contributed by atoms with Gasteiger partial charge in [0.2, 0.25) is 0 Å². The molecule has 130 valence electrons. The van der Waals surface area contributed by atoms with Crippen LogP contribution in [0.1, 0.15) is 0 Å². The van der Waals surface area contributed by atoms with E-state index in [0.717, 1.165) is 48.5 Å². The van der Waals surface area contributed by atoms with Gasteiger partial charge in [0.15, 0.2) is 11.4 Å². The van der Waals surface area contributed by atoms with Crippen LogP contribution in [0.25, 0.3) is 22.1 Å². The fourth-order valence-electron chi connectivity index (χ4n) is 3.33. The van der Waals surface area contributed by atoms with Gasteiger partial charge in [-0.25, -0.2) is 9.97 Å². The monoisotopic (exact) mass is 346 g/mol. The van der Waals surface area contributed by atoms with Crippen LogP contribution in [0, 0.1) is 0 Å². The van der Waals surface area contributed by atoms with Crippen molar-refractivity contribution in [2.75, 3.05) is 36.5 Å². The van der Waals surface area contributed by atoms with Gasteiger partial charge >= 0.3 is 0 Å². The standard InChI is InChI=1S/C20H18N4O2/c1-2-4-17-16(3-1)18-19(26-17)20(22-13-21-18)23-14-5-7-15(8-6-14)24-9-11-25-12-10-24/h1-8,13H,9-12H2,(H,21,22,23). The predicted octanol–water partition coefficient (Wildman–Crippen LogP) is 3.96. The van der Waals surface area contributed by atoms with Gasteiger partial charge < -0.3 is 19.4 Å². The minimum atomic E-state index is 0.672. The van der Waals surface area contributed by atoms with Gasteiger partial charge in [0.05, 0.1) is 13.2 Å². The number of ether oxygens (including phenoxy) is 1. The molecule has 6 nitrogen and oxygen atoms in total. The predicted molar refractivity (Wildman–Crippen MR) is 102 cm³/mol. The maximum Gasteiger partial charge on any atom is 0.196 e. The molecule has 1 saturated heterocycles. The van der Waals surface area contributed by atoms with Gasteiger partial charge in [0.25, 0.3) is 0 Å². The Balaban J connectivity index is 1.45. The van der Waals surface area contributed by atoms with Crippen molar-refractivity contribution in [3.05, 3.63) is 54.9 Å². The molecule has 6 heteroatoms. The van der Waals surface area contributed by atoms with Crippen LogP contribution in [0.15, 0.2) is 59.3 Å². The largest absolute Gasteiger partial charge is 0.450 e. The summed E-state index contributed by atoms with van der Waals surface area (Å²) in [5.74, 6) is 0.672. The Kier molecular flexibility index (Phi) is 3.68. The van der Waals surface area contributed by atoms with Crippen molar-refractivity contribution in [3.63, 3.8) is 0 Å². The van der Waals surface area contributed by atoms with Gasteiger partial charge in [-0.3, -0.25) is 0 Å². The Morgan fingerprint density at radius 3 is 2.58 bits per heavy atom. The van der Waals surface area contributed by atoms with Crippen LogP contribution in [0.2, 0.25) is 0 Å². The highest BCUT2D eigenvalue weighted by Crippen LogP contribution is 2.32. The first-order valence-corrected chi connectivity index (χ1v) is 8.70. The average Bonchev–Trinajstić information content (AvgIpc) is 3.09. The third-order valence-electron chi connectivity index (χ3n) is 4.66. The van der Waals surface area contributed by atoms with Crippen molar-refractivity contribution in [2.45, 2.75) is 0 Å². The summed E-state index contributed by atoms with van der Waals surface area (Å²) in [5.41, 5.74) is 4.47. The van der Waals surface area contributed by atoms with E-state index in [4.69, 9.17) is 9.15 Å². The number of nitrogens with one attached hydrogen (secondary N) is 1. The van der Waals surface area contributed by atoms with Crippen molar-refractivity contribution in [1.29, 1.82) is 0 Å². The molecule has 0 radical (unpaired) electrons. The van der Waals surface area contributed by atoms with Gasteiger partial charge in [-0.05, 0) is 36.4 Å². The Bertz CT molecular complexity index is 1050. The molecule has 4 aromatic rings. The summed E-state index contributed by atoms with van der Waals surface area (Å²) in [5, 5.41) is 4.35. The number of hydrogen-bond donors (Lipinski definition) is 1. The van der Waals surface area contributed by atoms with Crippen LogP contribution in [0.3, 0.4) is 0 Å². The molecule has 0 unspecified atom stereocenters. The summed E-state index contributed by atoms with van der Waals surface area (Å²) in [6.07, 6.45) is 1.56. The number of aromatic nitrogens is 2. The van der Waals surface area contributed by atoms with E-state index >= 15 is 0 Å². The fraction of sp³-hybridized carbons (Fsp3) is 0.200. The molecule has 2 aromatic carbocycles. The number of morpholine rings is 1. The molecular formula is C20H18N4O2. The smallest absolute Gasteiger partial charge is 0.196 e. The molecule has 1 fully saturated rings. The lowest BCUT2D eigenvalue weighted by Crippen LogP contribution is -2.36. The summed E-state index contributed by atoms with van der Waals surface area (Å²) < 4.78 is 11.4. The lowest BCUT2D eigenvalue weighted by atomic mass is 10.2. The maximum atomic E-state index is 5.97. The summed E-state index contributed by atoms with van der Waals surface area (Å²) in [6.45, 7) is 3.42. The number of nitrogens with zero attached hydrogens (tertiary/aromatic N) is 3. The molecule has 2 aromatic heterocycles. The number of furan rings is 1. The first-order chi connectivity index (χ1) is 12.9. The first-order valence-electron chi connectivity index (χ1n) is 8.70. The van der Waals surface area contributed by atoms with Crippen molar-refractivity contribution >= 4 is 39.3 Å². The highest BCUT2D eigenvalue weighted by atomic mass is 16.5. The third kappa shape index (κ3) is 2.64. The minimum absolute atomic E-state index is 0.672. The average molecular weight is 346 g/mol. The molecule has 0 atom stereocenters. The summed E-state index contributed by atoms with van der Waals surface area (Å²) in [4.78, 5) is 11.1. The number of benzene rings is 2. The van der Waals surface area contributed by atoms with Crippen LogP contribution in [0.5, 0.6) is 0 Å². The van der Waals surface area contributed by atoms with E-state index in [-0.39, 0.29) is 0 Å². The lowest BCUT2D eigenvalue weighted by molar-refractivity contribution is 0.122. The molecule has 26 heavy (non-hydrogen) atoms. The van der Waals surface area contributed by atoms with Crippen LogP contribution < -0.4 is 10.2 Å². The second-order valence-electron chi connectivity index (χ2n) is 6.27. The van der Waals surface area contributed by atoms with E-state index in [2.05, 4.69) is 44.5 Å². The van der Waals surface area contributed by atoms with Crippen LogP contribution in [0.4, 0.5) is 17.2 Å². The zero-order valence-electron chi connectivity index (χ0n) is 14.2. The molecule has 1 aliphatic rings. The van der Waals surface area contributed by atoms with E-state index < -0.39 is 0 Å². The highest BCUT2D eigenvalue weighted by Gasteiger charge is 2.14. The zero-order valence-corrected chi connectivity index (χ0v) is 14.2. The second kappa shape index (κ2) is 6.31. The molecule has 0 bridgehead atoms. The van der Waals surface area contributed by atoms with Crippen molar-refractivity contribution in [3.8, 4) is 0 Å². The molecule has 0 aliphatic carbocycles. The van der Waals surface area contributed by atoms with Crippen molar-refractivity contribution < 1.29 is 9.15 Å². The number of para-hydroxylation sites is 1. The summed E-state index contributed by atoms with van der Waals surface area (Å²) in [6, 6.07) is 16.2. The highest BCUT2D eigenvalue weighted by molar-refractivity contribution is 6.05. The Morgan fingerprint density at radius 1 is 0.923 bits per heavy atom. The van der Waals surface area contributed by atoms with E-state index in [1.807, 2.05) is 24.3 Å². The SMILES string of the molecule is c1ccc2c(c1)oc1c(Nc3ccc(N4CCOCC4)cc3)ncnc12. The lowest BCUT2D eigenvalue weighted by Gasteiger charge is -2.28. The van der Waals surface area contributed by atoms with Crippen LogP contribution in [-0.2, 0) is 4.74 Å². The number of anilines is 3. The quantitative estimate of drug-likeness (QED) is 0.606. The Labute approximate surface area is 150 Å². The van der Waals surface area contributed by atoms with Crippen molar-refractivity contribution in [2.24, 2.45) is 0 Å². The van der Waals surface area contributed by atoms with Gasteiger partial charge in [-0.15, -0.1) is 0 Å². The molecule has 0 saturated carbocycles. The van der Waals surface area contributed by atoms with E-state index in [9.17, 15) is 0 Å². The second-order valence-corrected chi connectivity index (χ2v) is 6.27. The van der Waals surface area contributed by atoms with Gasteiger partial charge in [0, 0.05) is 29.9 Å². The van der Waals surface area contributed by atoms with E-state index in [1.54, 1.807) is 6.33 Å². The Morgan fingerprint density at radius 2 is 1.73 bits per heavy atom. The molecule has 5 rings (SSSR count). The molecule has 1 N–H and O–H groups in total. The molecule has 0 amide bonds. The molecule has 3 heterocycles. The molecular weight excluding hydrogens is 328 g/mol. The number of fused-ring (bicyclic) bond motifs is 3. The van der Waals surface area contributed by atoms with Crippen LogP contribution >= 0.6 is 0 Å². The number of hydrogen-bond acceptors (Lipinski definition) is 6. The zero-order chi connectivity index (χ0) is 17.3. The van der Waals surface area contributed by atoms with Gasteiger partial charge in [0.1, 0.15) is 17.4 Å². The molecule has 1 aliphatic heterocycles. The van der Waals surface area contributed by atoms with E-state index in [0.29, 0.717) is 11.4 Å². The first kappa shape index (κ1) is 15.2. The van der Waals surface area contributed by atoms with E-state index in [1.165, 1.54) is 5.69 Å². The summed E-state index contributed by atoms with van der Waals surface area (Å²) in [7, 11) is 0. The molecule has 0 spiro atoms.